The molecule has 20 heavy (non-hydrogen) atoms. The average molecular weight is 294 g/mol. The van der Waals surface area contributed by atoms with Crippen molar-refractivity contribution < 1.29 is 4.74 Å². The number of anilines is 3. The first-order valence-corrected chi connectivity index (χ1v) is 6.60. The van der Waals surface area contributed by atoms with E-state index < -0.39 is 0 Å². The van der Waals surface area contributed by atoms with Gasteiger partial charge in [-0.25, -0.2) is 0 Å². The fourth-order valence-electron chi connectivity index (χ4n) is 1.62. The maximum absolute atomic E-state index is 6.17. The van der Waals surface area contributed by atoms with E-state index in [9.17, 15) is 0 Å². The lowest BCUT2D eigenvalue weighted by atomic mass is 10.2. The van der Waals surface area contributed by atoms with Crippen molar-refractivity contribution in [2.75, 3.05) is 24.3 Å². The fraction of sp³-hybridized carbons (Fsp3) is 0.308. The van der Waals surface area contributed by atoms with Gasteiger partial charge < -0.3 is 15.4 Å². The Morgan fingerprint density at radius 1 is 1.20 bits per heavy atom. The lowest BCUT2D eigenvalue weighted by Gasteiger charge is -2.11. The van der Waals surface area contributed by atoms with Crippen LogP contribution < -0.4 is 15.4 Å². The minimum absolute atomic E-state index is 0.263. The molecule has 0 radical (unpaired) electrons. The van der Waals surface area contributed by atoms with Crippen molar-refractivity contribution in [1.29, 1.82) is 0 Å². The number of aromatic nitrogens is 3. The zero-order valence-corrected chi connectivity index (χ0v) is 12.3. The van der Waals surface area contributed by atoms with Gasteiger partial charge in [-0.1, -0.05) is 23.7 Å². The summed E-state index contributed by atoms with van der Waals surface area (Å²) >= 11 is 6.17. The van der Waals surface area contributed by atoms with Gasteiger partial charge in [0.2, 0.25) is 11.9 Å². The van der Waals surface area contributed by atoms with Crippen LogP contribution >= 0.6 is 11.6 Å². The van der Waals surface area contributed by atoms with Gasteiger partial charge in [0.15, 0.2) is 0 Å². The van der Waals surface area contributed by atoms with Crippen LogP contribution in [-0.4, -0.2) is 28.6 Å². The van der Waals surface area contributed by atoms with E-state index >= 15 is 0 Å². The molecule has 0 saturated carbocycles. The summed E-state index contributed by atoms with van der Waals surface area (Å²) in [6.45, 7) is 4.31. The molecule has 2 N–H and O–H groups in total. The number of nitrogens with one attached hydrogen (secondary N) is 2. The van der Waals surface area contributed by atoms with Crippen molar-refractivity contribution in [3.63, 3.8) is 0 Å². The average Bonchev–Trinajstić information content (AvgIpc) is 2.43. The first-order valence-electron chi connectivity index (χ1n) is 6.22. The van der Waals surface area contributed by atoms with E-state index in [4.69, 9.17) is 16.3 Å². The van der Waals surface area contributed by atoms with Gasteiger partial charge in [0.1, 0.15) is 0 Å². The first-order chi connectivity index (χ1) is 9.63. The Hall–Kier alpha value is -2.08. The highest BCUT2D eigenvalue weighted by Gasteiger charge is 2.09. The van der Waals surface area contributed by atoms with E-state index in [1.807, 2.05) is 26.0 Å². The highest BCUT2D eigenvalue weighted by molar-refractivity contribution is 6.33. The van der Waals surface area contributed by atoms with Gasteiger partial charge in [0.05, 0.1) is 17.3 Å². The number of rotatable bonds is 5. The summed E-state index contributed by atoms with van der Waals surface area (Å²) in [7, 11) is 1.73. The third-order valence-corrected chi connectivity index (χ3v) is 2.89. The Morgan fingerprint density at radius 3 is 2.60 bits per heavy atom. The van der Waals surface area contributed by atoms with Gasteiger partial charge in [-0.05, 0) is 25.5 Å². The van der Waals surface area contributed by atoms with Crippen LogP contribution in [-0.2, 0) is 0 Å². The van der Waals surface area contributed by atoms with Gasteiger partial charge in [-0.2, -0.15) is 15.0 Å². The van der Waals surface area contributed by atoms with Crippen LogP contribution in [0.4, 0.5) is 17.6 Å². The molecular weight excluding hydrogens is 278 g/mol. The van der Waals surface area contributed by atoms with Gasteiger partial charge >= 0.3 is 6.01 Å². The van der Waals surface area contributed by atoms with Crippen LogP contribution in [0.25, 0.3) is 0 Å². The second-order valence-electron chi connectivity index (χ2n) is 4.00. The van der Waals surface area contributed by atoms with Crippen LogP contribution in [0, 0.1) is 6.92 Å². The molecule has 0 unspecified atom stereocenters. The monoisotopic (exact) mass is 293 g/mol. The molecule has 6 nitrogen and oxygen atoms in total. The molecule has 1 aromatic heterocycles. The molecule has 7 heteroatoms. The van der Waals surface area contributed by atoms with E-state index in [0.717, 1.165) is 11.3 Å². The highest BCUT2D eigenvalue weighted by atomic mass is 35.5. The SMILES string of the molecule is CCOc1nc(NC)nc(Nc2c(C)cccc2Cl)n1. The van der Waals surface area contributed by atoms with E-state index in [0.29, 0.717) is 23.5 Å². The minimum Gasteiger partial charge on any atom is -0.464 e. The molecule has 1 aromatic carbocycles. The molecule has 0 spiro atoms. The van der Waals surface area contributed by atoms with Gasteiger partial charge in [-0.15, -0.1) is 0 Å². The minimum atomic E-state index is 0.263. The summed E-state index contributed by atoms with van der Waals surface area (Å²) in [5.41, 5.74) is 1.77. The van der Waals surface area contributed by atoms with Crippen molar-refractivity contribution in [2.24, 2.45) is 0 Å². The maximum Gasteiger partial charge on any atom is 0.323 e. The summed E-state index contributed by atoms with van der Waals surface area (Å²) in [6, 6.07) is 5.92. The predicted molar refractivity (Wildman–Crippen MR) is 80.0 cm³/mol. The van der Waals surface area contributed by atoms with Crippen molar-refractivity contribution >= 4 is 29.2 Å². The Labute approximate surface area is 122 Å². The van der Waals surface area contributed by atoms with Gasteiger partial charge in [-0.3, -0.25) is 0 Å². The molecule has 0 aliphatic carbocycles. The van der Waals surface area contributed by atoms with Crippen LogP contribution in [0.15, 0.2) is 18.2 Å². The standard InChI is InChI=1S/C13H16ClN5O/c1-4-20-13-18-11(15-3)17-12(19-13)16-10-8(2)6-5-7-9(10)14/h5-7H,4H2,1-3H3,(H2,15,16,17,18,19). The summed E-state index contributed by atoms with van der Waals surface area (Å²) in [5, 5.41) is 6.57. The number of halogens is 1. The molecule has 2 aromatic rings. The Bertz CT molecular complexity index is 585. The zero-order valence-electron chi connectivity index (χ0n) is 11.6. The third-order valence-electron chi connectivity index (χ3n) is 2.57. The maximum atomic E-state index is 6.17. The van der Waals surface area contributed by atoms with E-state index in [1.54, 1.807) is 13.1 Å². The van der Waals surface area contributed by atoms with E-state index in [2.05, 4.69) is 25.6 Å². The Balaban J connectivity index is 2.35. The third kappa shape index (κ3) is 3.27. The topological polar surface area (TPSA) is 72.0 Å². The van der Waals surface area contributed by atoms with Crippen LogP contribution in [0.2, 0.25) is 5.02 Å². The zero-order chi connectivity index (χ0) is 14.5. The van der Waals surface area contributed by atoms with E-state index in [1.165, 1.54) is 0 Å². The number of benzene rings is 1. The lowest BCUT2D eigenvalue weighted by Crippen LogP contribution is -2.07. The molecule has 1 heterocycles. The molecule has 2 rings (SSSR count). The second-order valence-corrected chi connectivity index (χ2v) is 4.41. The smallest absolute Gasteiger partial charge is 0.323 e. The number of hydrogen-bond acceptors (Lipinski definition) is 6. The summed E-state index contributed by atoms with van der Waals surface area (Å²) in [4.78, 5) is 12.5. The summed E-state index contributed by atoms with van der Waals surface area (Å²) in [6.07, 6.45) is 0. The summed E-state index contributed by atoms with van der Waals surface area (Å²) < 4.78 is 5.31. The summed E-state index contributed by atoms with van der Waals surface area (Å²) in [5.74, 6) is 0.805. The van der Waals surface area contributed by atoms with Crippen molar-refractivity contribution in [3.05, 3.63) is 28.8 Å². The predicted octanol–water partition coefficient (Wildman–Crippen LogP) is 3.02. The molecule has 106 valence electrons. The molecule has 0 saturated heterocycles. The number of ether oxygens (including phenoxy) is 1. The Morgan fingerprint density at radius 2 is 1.95 bits per heavy atom. The highest BCUT2D eigenvalue weighted by Crippen LogP contribution is 2.28. The first kappa shape index (κ1) is 14.3. The van der Waals surface area contributed by atoms with Crippen molar-refractivity contribution in [2.45, 2.75) is 13.8 Å². The molecule has 0 bridgehead atoms. The fourth-order valence-corrected chi connectivity index (χ4v) is 1.89. The largest absolute Gasteiger partial charge is 0.464 e. The molecule has 0 fully saturated rings. The molecule has 0 amide bonds. The molecule has 0 aliphatic heterocycles. The number of aryl methyl sites for hydroxylation is 1. The van der Waals surface area contributed by atoms with Gasteiger partial charge in [0.25, 0.3) is 0 Å². The number of nitrogens with zero attached hydrogens (tertiary/aromatic N) is 3. The lowest BCUT2D eigenvalue weighted by molar-refractivity contribution is 0.312. The number of para-hydroxylation sites is 1. The normalized spacial score (nSPS) is 10.2. The quantitative estimate of drug-likeness (QED) is 0.883. The van der Waals surface area contributed by atoms with Crippen LogP contribution in [0.1, 0.15) is 12.5 Å². The second kappa shape index (κ2) is 6.38. The Kier molecular flexibility index (Phi) is 4.57. The van der Waals surface area contributed by atoms with Crippen LogP contribution in [0.3, 0.4) is 0 Å². The van der Waals surface area contributed by atoms with Gasteiger partial charge in [0, 0.05) is 7.05 Å². The molecular formula is C13H16ClN5O. The molecule has 0 aliphatic rings. The van der Waals surface area contributed by atoms with E-state index in [-0.39, 0.29) is 6.01 Å². The number of hydrogen-bond donors (Lipinski definition) is 2. The van der Waals surface area contributed by atoms with Crippen molar-refractivity contribution in [1.82, 2.24) is 15.0 Å². The molecule has 0 atom stereocenters. The van der Waals surface area contributed by atoms with Crippen LogP contribution in [0.5, 0.6) is 6.01 Å². The van der Waals surface area contributed by atoms with Crippen molar-refractivity contribution in [3.8, 4) is 6.01 Å².